The SMILES string of the molecule is Cc1cccc(CN(C)CC(=O)c2cccc(Cl)c2)c1. The summed E-state index contributed by atoms with van der Waals surface area (Å²) in [5.41, 5.74) is 3.11. The zero-order valence-electron chi connectivity index (χ0n) is 11.8. The van der Waals surface area contributed by atoms with Crippen molar-refractivity contribution in [1.82, 2.24) is 4.90 Å². The third-order valence-corrected chi connectivity index (χ3v) is 3.33. The number of hydrogen-bond donors (Lipinski definition) is 0. The number of rotatable bonds is 5. The molecule has 3 heteroatoms. The van der Waals surface area contributed by atoms with E-state index in [0.29, 0.717) is 17.1 Å². The molecule has 20 heavy (non-hydrogen) atoms. The summed E-state index contributed by atoms with van der Waals surface area (Å²) in [6.45, 7) is 3.21. The van der Waals surface area contributed by atoms with E-state index in [2.05, 4.69) is 25.1 Å². The molecule has 2 nitrogen and oxygen atoms in total. The van der Waals surface area contributed by atoms with Crippen LogP contribution in [0.3, 0.4) is 0 Å². The smallest absolute Gasteiger partial charge is 0.176 e. The van der Waals surface area contributed by atoms with Crippen LogP contribution in [0.25, 0.3) is 0 Å². The van der Waals surface area contributed by atoms with Gasteiger partial charge >= 0.3 is 0 Å². The molecule has 0 saturated carbocycles. The van der Waals surface area contributed by atoms with Gasteiger partial charge in [0.25, 0.3) is 0 Å². The highest BCUT2D eigenvalue weighted by molar-refractivity contribution is 6.31. The van der Waals surface area contributed by atoms with Gasteiger partial charge in [-0.25, -0.2) is 0 Å². The maximum atomic E-state index is 12.2. The Bertz CT molecular complexity index is 609. The average Bonchev–Trinajstić information content (AvgIpc) is 2.38. The van der Waals surface area contributed by atoms with E-state index in [0.717, 1.165) is 6.54 Å². The van der Waals surface area contributed by atoms with Crippen LogP contribution in [0.15, 0.2) is 48.5 Å². The van der Waals surface area contributed by atoms with Crippen LogP contribution in [0.5, 0.6) is 0 Å². The summed E-state index contributed by atoms with van der Waals surface area (Å²) in [5.74, 6) is 0.0858. The predicted molar refractivity (Wildman–Crippen MR) is 83.3 cm³/mol. The van der Waals surface area contributed by atoms with Crippen LogP contribution in [0.2, 0.25) is 5.02 Å². The number of likely N-dealkylation sites (N-methyl/N-ethyl adjacent to an activating group) is 1. The molecule has 0 bridgehead atoms. The van der Waals surface area contributed by atoms with Crippen molar-refractivity contribution in [2.24, 2.45) is 0 Å². The van der Waals surface area contributed by atoms with E-state index in [1.807, 2.05) is 18.0 Å². The first-order valence-electron chi connectivity index (χ1n) is 6.57. The molecule has 2 rings (SSSR count). The summed E-state index contributed by atoms with van der Waals surface area (Å²) >= 11 is 5.91. The monoisotopic (exact) mass is 287 g/mol. The van der Waals surface area contributed by atoms with Crippen LogP contribution in [0, 0.1) is 6.92 Å². The molecule has 0 N–H and O–H groups in total. The zero-order valence-corrected chi connectivity index (χ0v) is 12.5. The molecule has 0 spiro atoms. The lowest BCUT2D eigenvalue weighted by molar-refractivity contribution is 0.0943. The van der Waals surface area contributed by atoms with E-state index in [4.69, 9.17) is 11.6 Å². The molecule has 0 amide bonds. The van der Waals surface area contributed by atoms with Crippen LogP contribution in [0.1, 0.15) is 21.5 Å². The molecule has 0 aromatic heterocycles. The fourth-order valence-corrected chi connectivity index (χ4v) is 2.37. The summed E-state index contributed by atoms with van der Waals surface area (Å²) in [5, 5.41) is 0.595. The molecular weight excluding hydrogens is 270 g/mol. The number of benzene rings is 2. The molecule has 0 atom stereocenters. The van der Waals surface area contributed by atoms with E-state index in [-0.39, 0.29) is 5.78 Å². The highest BCUT2D eigenvalue weighted by atomic mass is 35.5. The number of aryl methyl sites for hydroxylation is 1. The molecule has 0 aliphatic heterocycles. The second kappa shape index (κ2) is 6.69. The Balaban J connectivity index is 1.97. The molecule has 0 saturated heterocycles. The number of nitrogens with zero attached hydrogens (tertiary/aromatic N) is 1. The Labute approximate surface area is 125 Å². The number of carbonyl (C=O) groups is 1. The van der Waals surface area contributed by atoms with Crippen molar-refractivity contribution in [3.05, 3.63) is 70.2 Å². The molecule has 0 heterocycles. The van der Waals surface area contributed by atoms with E-state index >= 15 is 0 Å². The number of carbonyl (C=O) groups excluding carboxylic acids is 1. The molecular formula is C17H18ClNO. The molecule has 2 aromatic carbocycles. The van der Waals surface area contributed by atoms with Crippen LogP contribution in [0.4, 0.5) is 0 Å². The van der Waals surface area contributed by atoms with Gasteiger partial charge in [-0.2, -0.15) is 0 Å². The average molecular weight is 288 g/mol. The molecule has 0 aliphatic rings. The van der Waals surface area contributed by atoms with Gasteiger partial charge in [-0.05, 0) is 31.7 Å². The highest BCUT2D eigenvalue weighted by Crippen LogP contribution is 2.12. The van der Waals surface area contributed by atoms with Crippen molar-refractivity contribution in [2.75, 3.05) is 13.6 Å². The standard InChI is InChI=1S/C17H18ClNO/c1-13-5-3-6-14(9-13)11-19(2)12-17(20)15-7-4-8-16(18)10-15/h3-10H,11-12H2,1-2H3. The van der Waals surface area contributed by atoms with Crippen molar-refractivity contribution in [1.29, 1.82) is 0 Å². The molecule has 0 radical (unpaired) electrons. The van der Waals surface area contributed by atoms with Crippen LogP contribution in [-0.2, 0) is 6.54 Å². The summed E-state index contributed by atoms with van der Waals surface area (Å²) < 4.78 is 0. The van der Waals surface area contributed by atoms with Gasteiger partial charge in [0, 0.05) is 17.1 Å². The van der Waals surface area contributed by atoms with Gasteiger partial charge in [-0.3, -0.25) is 9.69 Å². The largest absolute Gasteiger partial charge is 0.295 e. The maximum Gasteiger partial charge on any atom is 0.176 e. The van der Waals surface area contributed by atoms with Crippen molar-refractivity contribution in [3.63, 3.8) is 0 Å². The molecule has 0 fully saturated rings. The van der Waals surface area contributed by atoms with E-state index < -0.39 is 0 Å². The zero-order chi connectivity index (χ0) is 14.5. The van der Waals surface area contributed by atoms with Gasteiger partial charge in [0.1, 0.15) is 0 Å². The lowest BCUT2D eigenvalue weighted by Crippen LogP contribution is -2.25. The molecule has 104 valence electrons. The van der Waals surface area contributed by atoms with Crippen LogP contribution < -0.4 is 0 Å². The first-order valence-corrected chi connectivity index (χ1v) is 6.95. The Morgan fingerprint density at radius 1 is 1.15 bits per heavy atom. The first-order chi connectivity index (χ1) is 9.54. The van der Waals surface area contributed by atoms with Gasteiger partial charge in [0.05, 0.1) is 6.54 Å². The van der Waals surface area contributed by atoms with E-state index in [1.165, 1.54) is 11.1 Å². The molecule has 0 unspecified atom stereocenters. The highest BCUT2D eigenvalue weighted by Gasteiger charge is 2.10. The Morgan fingerprint density at radius 2 is 1.90 bits per heavy atom. The quantitative estimate of drug-likeness (QED) is 0.776. The van der Waals surface area contributed by atoms with Crippen molar-refractivity contribution in [2.45, 2.75) is 13.5 Å². The van der Waals surface area contributed by atoms with Gasteiger partial charge in [0.15, 0.2) is 5.78 Å². The number of hydrogen-bond acceptors (Lipinski definition) is 2. The first kappa shape index (κ1) is 14.8. The number of halogens is 1. The predicted octanol–water partition coefficient (Wildman–Crippen LogP) is 3.96. The third kappa shape index (κ3) is 4.19. The normalized spacial score (nSPS) is 10.8. The number of ketones is 1. The fraction of sp³-hybridized carbons (Fsp3) is 0.235. The summed E-state index contributed by atoms with van der Waals surface area (Å²) in [6, 6.07) is 15.4. The second-order valence-electron chi connectivity index (χ2n) is 5.09. The number of Topliss-reactive ketones (excluding diaryl/α,β-unsaturated/α-hetero) is 1. The van der Waals surface area contributed by atoms with Gasteiger partial charge in [0.2, 0.25) is 0 Å². The van der Waals surface area contributed by atoms with Gasteiger partial charge < -0.3 is 0 Å². The summed E-state index contributed by atoms with van der Waals surface area (Å²) in [7, 11) is 1.95. The van der Waals surface area contributed by atoms with E-state index in [1.54, 1.807) is 24.3 Å². The minimum Gasteiger partial charge on any atom is -0.295 e. The third-order valence-electron chi connectivity index (χ3n) is 3.10. The maximum absolute atomic E-state index is 12.2. The topological polar surface area (TPSA) is 20.3 Å². The lowest BCUT2D eigenvalue weighted by atomic mass is 10.1. The van der Waals surface area contributed by atoms with Gasteiger partial charge in [-0.1, -0.05) is 53.6 Å². The minimum atomic E-state index is 0.0858. The van der Waals surface area contributed by atoms with Crippen molar-refractivity contribution in [3.8, 4) is 0 Å². The molecule has 0 aliphatic carbocycles. The summed E-state index contributed by atoms with van der Waals surface area (Å²) in [4.78, 5) is 14.2. The minimum absolute atomic E-state index is 0.0858. The Kier molecular flexibility index (Phi) is 4.94. The fourth-order valence-electron chi connectivity index (χ4n) is 2.18. The van der Waals surface area contributed by atoms with Crippen LogP contribution in [-0.4, -0.2) is 24.3 Å². The van der Waals surface area contributed by atoms with Crippen molar-refractivity contribution >= 4 is 17.4 Å². The lowest BCUT2D eigenvalue weighted by Gasteiger charge is -2.16. The second-order valence-corrected chi connectivity index (χ2v) is 5.53. The van der Waals surface area contributed by atoms with Crippen molar-refractivity contribution < 1.29 is 4.79 Å². The van der Waals surface area contributed by atoms with Crippen LogP contribution >= 0.6 is 11.6 Å². The Hall–Kier alpha value is -1.64. The molecule has 2 aromatic rings. The van der Waals surface area contributed by atoms with E-state index in [9.17, 15) is 4.79 Å². The van der Waals surface area contributed by atoms with Gasteiger partial charge in [-0.15, -0.1) is 0 Å². The Morgan fingerprint density at radius 3 is 2.60 bits per heavy atom. The summed E-state index contributed by atoms with van der Waals surface area (Å²) in [6.07, 6.45) is 0.